The molecule has 0 heteroatoms. The van der Waals surface area contributed by atoms with Gasteiger partial charge in [0.25, 0.3) is 0 Å². The SMILES string of the molecule is CC1=C(c2ccccc2)C(c2ccc(C)cc2)=CC1(C)C. The molecule has 0 spiro atoms. The van der Waals surface area contributed by atoms with Crippen molar-refractivity contribution in [2.45, 2.75) is 27.7 Å². The summed E-state index contributed by atoms with van der Waals surface area (Å²) in [4.78, 5) is 0. The van der Waals surface area contributed by atoms with Crippen LogP contribution in [0.1, 0.15) is 37.5 Å². The topological polar surface area (TPSA) is 0 Å². The lowest BCUT2D eigenvalue weighted by atomic mass is 9.86. The number of hydrogen-bond acceptors (Lipinski definition) is 0. The van der Waals surface area contributed by atoms with Gasteiger partial charge in [-0.3, -0.25) is 0 Å². The minimum atomic E-state index is 0.116. The van der Waals surface area contributed by atoms with Crippen molar-refractivity contribution in [1.82, 2.24) is 0 Å². The largest absolute Gasteiger partial charge is 0.0663 e. The number of benzene rings is 2. The Morgan fingerprint density at radius 1 is 0.714 bits per heavy atom. The highest BCUT2D eigenvalue weighted by atomic mass is 14.3. The van der Waals surface area contributed by atoms with Crippen molar-refractivity contribution >= 4 is 11.1 Å². The summed E-state index contributed by atoms with van der Waals surface area (Å²) in [7, 11) is 0. The molecule has 0 aliphatic heterocycles. The first-order chi connectivity index (χ1) is 9.99. The van der Waals surface area contributed by atoms with Crippen LogP contribution < -0.4 is 0 Å². The van der Waals surface area contributed by atoms with Crippen LogP contribution in [0.5, 0.6) is 0 Å². The summed E-state index contributed by atoms with van der Waals surface area (Å²) in [6.45, 7) is 8.99. The highest BCUT2D eigenvalue weighted by Crippen LogP contribution is 2.48. The molecule has 0 saturated heterocycles. The Morgan fingerprint density at radius 2 is 1.33 bits per heavy atom. The van der Waals surface area contributed by atoms with E-state index in [0.29, 0.717) is 0 Å². The molecule has 0 radical (unpaired) electrons. The molecule has 3 rings (SSSR count). The summed E-state index contributed by atoms with van der Waals surface area (Å²) < 4.78 is 0. The normalized spacial score (nSPS) is 17.0. The van der Waals surface area contributed by atoms with Gasteiger partial charge in [-0.2, -0.15) is 0 Å². The van der Waals surface area contributed by atoms with Crippen molar-refractivity contribution in [3.63, 3.8) is 0 Å². The average molecular weight is 274 g/mol. The van der Waals surface area contributed by atoms with Gasteiger partial charge in [-0.25, -0.2) is 0 Å². The third kappa shape index (κ3) is 2.47. The van der Waals surface area contributed by atoms with E-state index < -0.39 is 0 Å². The van der Waals surface area contributed by atoms with Crippen molar-refractivity contribution in [3.05, 3.63) is 82.9 Å². The van der Waals surface area contributed by atoms with E-state index in [-0.39, 0.29) is 5.41 Å². The summed E-state index contributed by atoms with van der Waals surface area (Å²) in [5.41, 5.74) is 8.25. The number of hydrogen-bond donors (Lipinski definition) is 0. The Balaban J connectivity index is 2.17. The number of rotatable bonds is 2. The predicted molar refractivity (Wildman–Crippen MR) is 92.0 cm³/mol. The molecule has 0 nitrogen and oxygen atoms in total. The lowest BCUT2D eigenvalue weighted by molar-refractivity contribution is 0.593. The lowest BCUT2D eigenvalue weighted by Crippen LogP contribution is -2.05. The Kier molecular flexibility index (Phi) is 3.33. The summed E-state index contributed by atoms with van der Waals surface area (Å²) in [5, 5.41) is 0. The third-order valence-corrected chi connectivity index (χ3v) is 4.54. The average Bonchev–Trinajstić information content (AvgIpc) is 2.71. The van der Waals surface area contributed by atoms with E-state index in [1.54, 1.807) is 0 Å². The van der Waals surface area contributed by atoms with Crippen LogP contribution >= 0.6 is 0 Å². The Morgan fingerprint density at radius 3 is 1.95 bits per heavy atom. The van der Waals surface area contributed by atoms with Crippen molar-refractivity contribution < 1.29 is 0 Å². The molecule has 1 aliphatic rings. The Bertz CT molecular complexity index is 710. The highest BCUT2D eigenvalue weighted by Gasteiger charge is 2.30. The van der Waals surface area contributed by atoms with E-state index in [4.69, 9.17) is 0 Å². The van der Waals surface area contributed by atoms with Crippen LogP contribution in [0.2, 0.25) is 0 Å². The molecule has 0 amide bonds. The van der Waals surface area contributed by atoms with E-state index in [0.717, 1.165) is 0 Å². The van der Waals surface area contributed by atoms with E-state index in [1.165, 1.54) is 33.4 Å². The van der Waals surface area contributed by atoms with E-state index >= 15 is 0 Å². The van der Waals surface area contributed by atoms with Gasteiger partial charge in [-0.1, -0.05) is 85.7 Å². The van der Waals surface area contributed by atoms with Crippen LogP contribution in [0.15, 0.2) is 66.2 Å². The van der Waals surface area contributed by atoms with Crippen molar-refractivity contribution in [3.8, 4) is 0 Å². The van der Waals surface area contributed by atoms with E-state index in [2.05, 4.69) is 88.4 Å². The van der Waals surface area contributed by atoms with Crippen LogP contribution in [0.3, 0.4) is 0 Å². The summed E-state index contributed by atoms with van der Waals surface area (Å²) >= 11 is 0. The second-order valence-electron chi connectivity index (χ2n) is 6.51. The highest BCUT2D eigenvalue weighted by molar-refractivity contribution is 6.09. The summed E-state index contributed by atoms with van der Waals surface area (Å²) in [5.74, 6) is 0. The summed E-state index contributed by atoms with van der Waals surface area (Å²) in [6.07, 6.45) is 2.41. The molecule has 106 valence electrons. The molecule has 21 heavy (non-hydrogen) atoms. The first kappa shape index (κ1) is 13.9. The van der Waals surface area contributed by atoms with Gasteiger partial charge in [-0.15, -0.1) is 0 Å². The molecule has 0 fully saturated rings. The molecule has 0 aromatic heterocycles. The van der Waals surface area contributed by atoms with Gasteiger partial charge >= 0.3 is 0 Å². The predicted octanol–water partition coefficient (Wildman–Crippen LogP) is 5.89. The Hall–Kier alpha value is -2.08. The maximum absolute atomic E-state index is 2.41. The zero-order chi connectivity index (χ0) is 15.0. The molecule has 1 aliphatic carbocycles. The molecule has 2 aromatic carbocycles. The maximum Gasteiger partial charge on any atom is 0.00503 e. The van der Waals surface area contributed by atoms with Gasteiger partial charge in [0, 0.05) is 5.41 Å². The van der Waals surface area contributed by atoms with Gasteiger partial charge < -0.3 is 0 Å². The standard InChI is InChI=1S/C21H22/c1-15-10-12-17(13-11-15)19-14-21(3,4)16(2)20(19)18-8-6-5-7-9-18/h5-14H,1-4H3. The lowest BCUT2D eigenvalue weighted by Gasteiger charge is -2.18. The zero-order valence-corrected chi connectivity index (χ0v) is 13.3. The minimum Gasteiger partial charge on any atom is -0.0663 e. The Labute approximate surface area is 127 Å². The minimum absolute atomic E-state index is 0.116. The zero-order valence-electron chi connectivity index (χ0n) is 13.3. The summed E-state index contributed by atoms with van der Waals surface area (Å²) in [6, 6.07) is 19.6. The van der Waals surface area contributed by atoms with Crippen LogP contribution in [0, 0.1) is 12.3 Å². The number of allylic oxidation sites excluding steroid dienone is 4. The molecule has 0 heterocycles. The molecule has 0 N–H and O–H groups in total. The van der Waals surface area contributed by atoms with Gasteiger partial charge in [0.2, 0.25) is 0 Å². The first-order valence-corrected chi connectivity index (χ1v) is 7.56. The molecule has 0 saturated carbocycles. The molecule has 0 bridgehead atoms. The second kappa shape index (κ2) is 5.04. The van der Waals surface area contributed by atoms with Gasteiger partial charge in [0.05, 0.1) is 0 Å². The van der Waals surface area contributed by atoms with Crippen LogP contribution in [-0.2, 0) is 0 Å². The fraction of sp³-hybridized carbons (Fsp3) is 0.238. The number of aryl methyl sites for hydroxylation is 1. The van der Waals surface area contributed by atoms with Crippen LogP contribution in [0.25, 0.3) is 11.1 Å². The van der Waals surface area contributed by atoms with Crippen molar-refractivity contribution in [1.29, 1.82) is 0 Å². The molecule has 0 unspecified atom stereocenters. The molecular formula is C21H22. The second-order valence-corrected chi connectivity index (χ2v) is 6.51. The molecule has 2 aromatic rings. The van der Waals surface area contributed by atoms with E-state index in [1.807, 2.05) is 0 Å². The first-order valence-electron chi connectivity index (χ1n) is 7.56. The van der Waals surface area contributed by atoms with Crippen molar-refractivity contribution in [2.75, 3.05) is 0 Å². The van der Waals surface area contributed by atoms with E-state index in [9.17, 15) is 0 Å². The van der Waals surface area contributed by atoms with Crippen LogP contribution in [0.4, 0.5) is 0 Å². The van der Waals surface area contributed by atoms with Gasteiger partial charge in [-0.05, 0) is 36.1 Å². The van der Waals surface area contributed by atoms with Crippen molar-refractivity contribution in [2.24, 2.45) is 5.41 Å². The van der Waals surface area contributed by atoms with Gasteiger partial charge in [0.1, 0.15) is 0 Å². The monoisotopic (exact) mass is 274 g/mol. The fourth-order valence-corrected chi connectivity index (χ4v) is 3.00. The fourth-order valence-electron chi connectivity index (χ4n) is 3.00. The smallest absolute Gasteiger partial charge is 0.00503 e. The maximum atomic E-state index is 2.41. The third-order valence-electron chi connectivity index (χ3n) is 4.54. The van der Waals surface area contributed by atoms with Crippen LogP contribution in [-0.4, -0.2) is 0 Å². The molecule has 0 atom stereocenters. The molecular weight excluding hydrogens is 252 g/mol. The quantitative estimate of drug-likeness (QED) is 0.640. The van der Waals surface area contributed by atoms with Gasteiger partial charge in [0.15, 0.2) is 0 Å².